The number of anilines is 1. The fourth-order valence-electron chi connectivity index (χ4n) is 3.41. The highest BCUT2D eigenvalue weighted by atomic mass is 32.2. The van der Waals surface area contributed by atoms with E-state index in [1.54, 1.807) is 44.6 Å². The van der Waals surface area contributed by atoms with Crippen LogP contribution in [0.5, 0.6) is 11.5 Å². The van der Waals surface area contributed by atoms with Crippen molar-refractivity contribution in [3.8, 4) is 11.5 Å². The number of nitrogens with zero attached hydrogens (tertiary/aromatic N) is 1. The van der Waals surface area contributed by atoms with E-state index in [4.69, 9.17) is 9.47 Å². The standard InChI is InChI=1S/C25H28N2O5S/c1-18(21-12-15-23(31-2)24(16-21)32-3)26-25(28)20-10-13-22(14-11-20)27(33(4,29)30)17-19-8-6-5-7-9-19/h5-16,18H,17H2,1-4H3,(H,26,28)/t18-/m1/s1. The van der Waals surface area contributed by atoms with Crippen molar-refractivity contribution in [3.05, 3.63) is 89.5 Å². The summed E-state index contributed by atoms with van der Waals surface area (Å²) in [4.78, 5) is 12.8. The number of rotatable bonds is 9. The summed E-state index contributed by atoms with van der Waals surface area (Å²) in [5, 5.41) is 2.95. The van der Waals surface area contributed by atoms with Gasteiger partial charge in [0.25, 0.3) is 5.91 Å². The second-order valence-corrected chi connectivity index (χ2v) is 9.52. The summed E-state index contributed by atoms with van der Waals surface area (Å²) < 4.78 is 36.7. The van der Waals surface area contributed by atoms with Gasteiger partial charge >= 0.3 is 0 Å². The summed E-state index contributed by atoms with van der Waals surface area (Å²) in [5.74, 6) is 0.929. The lowest BCUT2D eigenvalue weighted by molar-refractivity contribution is 0.0940. The summed E-state index contributed by atoms with van der Waals surface area (Å²) in [6.45, 7) is 2.08. The van der Waals surface area contributed by atoms with Crippen LogP contribution in [0.1, 0.15) is 34.5 Å². The highest BCUT2D eigenvalue weighted by Crippen LogP contribution is 2.30. The van der Waals surface area contributed by atoms with Crippen molar-refractivity contribution in [2.45, 2.75) is 19.5 Å². The predicted molar refractivity (Wildman–Crippen MR) is 129 cm³/mol. The first-order valence-corrected chi connectivity index (χ1v) is 12.2. The van der Waals surface area contributed by atoms with Gasteiger partial charge in [-0.15, -0.1) is 0 Å². The third kappa shape index (κ3) is 6.04. The zero-order valence-electron chi connectivity index (χ0n) is 19.1. The molecule has 0 bridgehead atoms. The third-order valence-electron chi connectivity index (χ3n) is 5.24. The Bertz CT molecular complexity index is 1200. The van der Waals surface area contributed by atoms with Gasteiger partial charge in [0, 0.05) is 5.56 Å². The molecule has 0 heterocycles. The van der Waals surface area contributed by atoms with Crippen molar-refractivity contribution < 1.29 is 22.7 Å². The van der Waals surface area contributed by atoms with Crippen LogP contribution in [0.25, 0.3) is 0 Å². The van der Waals surface area contributed by atoms with E-state index < -0.39 is 10.0 Å². The van der Waals surface area contributed by atoms with Gasteiger partial charge in [-0.2, -0.15) is 0 Å². The Kier molecular flexibility index (Phi) is 7.60. The molecule has 0 spiro atoms. The van der Waals surface area contributed by atoms with Crippen LogP contribution in [0.3, 0.4) is 0 Å². The van der Waals surface area contributed by atoms with Crippen molar-refractivity contribution in [2.24, 2.45) is 0 Å². The molecular weight excluding hydrogens is 440 g/mol. The molecule has 0 fully saturated rings. The van der Waals surface area contributed by atoms with Crippen molar-refractivity contribution >= 4 is 21.6 Å². The van der Waals surface area contributed by atoms with Gasteiger partial charge in [0.15, 0.2) is 11.5 Å². The molecule has 7 nitrogen and oxygen atoms in total. The van der Waals surface area contributed by atoms with Gasteiger partial charge in [0.1, 0.15) is 0 Å². The molecule has 1 N–H and O–H groups in total. The molecule has 0 aliphatic carbocycles. The summed E-state index contributed by atoms with van der Waals surface area (Å²) in [7, 11) is -0.380. The molecule has 33 heavy (non-hydrogen) atoms. The SMILES string of the molecule is COc1ccc([C@@H](C)NC(=O)c2ccc(N(Cc3ccccc3)S(C)(=O)=O)cc2)cc1OC. The lowest BCUT2D eigenvalue weighted by Crippen LogP contribution is -2.29. The molecule has 8 heteroatoms. The molecule has 0 saturated heterocycles. The first-order valence-electron chi connectivity index (χ1n) is 10.4. The minimum Gasteiger partial charge on any atom is -0.493 e. The molecule has 174 valence electrons. The van der Waals surface area contributed by atoms with Crippen molar-refractivity contribution in [1.82, 2.24) is 5.32 Å². The first-order chi connectivity index (χ1) is 15.7. The second-order valence-electron chi connectivity index (χ2n) is 7.61. The van der Waals surface area contributed by atoms with E-state index >= 15 is 0 Å². The number of hydrogen-bond acceptors (Lipinski definition) is 5. The van der Waals surface area contributed by atoms with Crippen LogP contribution in [-0.4, -0.2) is 34.8 Å². The van der Waals surface area contributed by atoms with Gasteiger partial charge in [-0.3, -0.25) is 9.10 Å². The van der Waals surface area contributed by atoms with Crippen molar-refractivity contribution in [2.75, 3.05) is 24.8 Å². The summed E-state index contributed by atoms with van der Waals surface area (Å²) in [6.07, 6.45) is 1.17. The molecule has 0 aliphatic rings. The highest BCUT2D eigenvalue weighted by Gasteiger charge is 2.19. The molecule has 3 aromatic rings. The number of nitrogens with one attached hydrogen (secondary N) is 1. The van der Waals surface area contributed by atoms with Crippen LogP contribution < -0.4 is 19.1 Å². The Hall–Kier alpha value is -3.52. The second kappa shape index (κ2) is 10.4. The first kappa shape index (κ1) is 24.1. The number of hydrogen-bond donors (Lipinski definition) is 1. The third-order valence-corrected chi connectivity index (χ3v) is 6.38. The zero-order valence-corrected chi connectivity index (χ0v) is 19.9. The van der Waals surface area contributed by atoms with Crippen LogP contribution in [0, 0.1) is 0 Å². The van der Waals surface area contributed by atoms with Crippen LogP contribution in [-0.2, 0) is 16.6 Å². The summed E-state index contributed by atoms with van der Waals surface area (Å²) >= 11 is 0. The monoisotopic (exact) mass is 468 g/mol. The van der Waals surface area contributed by atoms with E-state index in [-0.39, 0.29) is 18.5 Å². The molecular formula is C25H28N2O5S. The Morgan fingerprint density at radius 2 is 1.58 bits per heavy atom. The van der Waals surface area contributed by atoms with E-state index in [0.717, 1.165) is 11.1 Å². The molecule has 3 aromatic carbocycles. The van der Waals surface area contributed by atoms with E-state index in [1.165, 1.54) is 10.6 Å². The van der Waals surface area contributed by atoms with Crippen LogP contribution in [0.15, 0.2) is 72.8 Å². The predicted octanol–water partition coefficient (Wildman–Crippen LogP) is 4.16. The maximum atomic E-state index is 12.8. The summed E-state index contributed by atoms with van der Waals surface area (Å²) in [5.41, 5.74) is 2.65. The smallest absolute Gasteiger partial charge is 0.251 e. The van der Waals surface area contributed by atoms with Gasteiger partial charge in [-0.05, 0) is 54.4 Å². The number of sulfonamides is 1. The molecule has 0 aromatic heterocycles. The number of amides is 1. The summed E-state index contributed by atoms with van der Waals surface area (Å²) in [6, 6.07) is 21.1. The maximum Gasteiger partial charge on any atom is 0.251 e. The lowest BCUT2D eigenvalue weighted by atomic mass is 10.1. The van der Waals surface area contributed by atoms with Gasteiger partial charge in [-0.1, -0.05) is 36.4 Å². The molecule has 0 aliphatic heterocycles. The highest BCUT2D eigenvalue weighted by molar-refractivity contribution is 7.92. The zero-order chi connectivity index (χ0) is 24.0. The molecule has 3 rings (SSSR count). The van der Waals surface area contributed by atoms with Crippen LogP contribution in [0.2, 0.25) is 0 Å². The largest absolute Gasteiger partial charge is 0.493 e. The Morgan fingerprint density at radius 3 is 2.15 bits per heavy atom. The van der Waals surface area contributed by atoms with Gasteiger partial charge in [0.2, 0.25) is 10.0 Å². The van der Waals surface area contributed by atoms with E-state index in [2.05, 4.69) is 5.32 Å². The number of carbonyl (C=O) groups is 1. The molecule has 0 radical (unpaired) electrons. The number of carbonyl (C=O) groups excluding carboxylic acids is 1. The Morgan fingerprint density at radius 1 is 0.939 bits per heavy atom. The fourth-order valence-corrected chi connectivity index (χ4v) is 4.30. The van der Waals surface area contributed by atoms with Crippen molar-refractivity contribution in [1.29, 1.82) is 0 Å². The molecule has 0 unspecified atom stereocenters. The number of ether oxygens (including phenoxy) is 2. The van der Waals surface area contributed by atoms with Gasteiger partial charge in [0.05, 0.1) is 38.7 Å². The number of methoxy groups -OCH3 is 2. The minimum atomic E-state index is -3.51. The maximum absolute atomic E-state index is 12.8. The van der Waals surface area contributed by atoms with Crippen LogP contribution >= 0.6 is 0 Å². The van der Waals surface area contributed by atoms with E-state index in [9.17, 15) is 13.2 Å². The minimum absolute atomic E-state index is 0.210. The Labute approximate surface area is 195 Å². The molecule has 1 amide bonds. The van der Waals surface area contributed by atoms with Gasteiger partial charge in [-0.25, -0.2) is 8.42 Å². The average Bonchev–Trinajstić information content (AvgIpc) is 2.82. The number of benzene rings is 3. The lowest BCUT2D eigenvalue weighted by Gasteiger charge is -2.23. The molecule has 0 saturated carbocycles. The fraction of sp³-hybridized carbons (Fsp3) is 0.240. The Balaban J connectivity index is 1.75. The topological polar surface area (TPSA) is 84.9 Å². The quantitative estimate of drug-likeness (QED) is 0.510. The van der Waals surface area contributed by atoms with E-state index in [1.807, 2.05) is 49.4 Å². The van der Waals surface area contributed by atoms with E-state index in [0.29, 0.717) is 22.7 Å². The van der Waals surface area contributed by atoms with Gasteiger partial charge < -0.3 is 14.8 Å². The van der Waals surface area contributed by atoms with Crippen molar-refractivity contribution in [3.63, 3.8) is 0 Å². The normalized spacial score (nSPS) is 12.0. The molecule has 1 atom stereocenters. The average molecular weight is 469 g/mol. The van der Waals surface area contributed by atoms with Crippen LogP contribution in [0.4, 0.5) is 5.69 Å².